The maximum atomic E-state index is 5.41. The molecule has 4 nitrogen and oxygen atoms in total. The summed E-state index contributed by atoms with van der Waals surface area (Å²) in [6, 6.07) is 5.98. The Labute approximate surface area is 87.7 Å². The summed E-state index contributed by atoms with van der Waals surface area (Å²) in [6.07, 6.45) is 1.60. The first kappa shape index (κ1) is 9.58. The molecule has 15 heavy (non-hydrogen) atoms. The fourth-order valence-electron chi connectivity index (χ4n) is 1.39. The van der Waals surface area contributed by atoms with Gasteiger partial charge < -0.3 is 14.9 Å². The van der Waals surface area contributed by atoms with Crippen molar-refractivity contribution in [3.05, 3.63) is 30.0 Å². The van der Waals surface area contributed by atoms with Gasteiger partial charge in [0.2, 0.25) is 0 Å². The molecule has 0 aliphatic heterocycles. The van der Waals surface area contributed by atoms with Gasteiger partial charge in [-0.2, -0.15) is 0 Å². The molecule has 0 amide bonds. The Balaban J connectivity index is 2.45. The highest BCUT2D eigenvalue weighted by molar-refractivity contribution is 5.60. The maximum Gasteiger partial charge on any atom is 0.292 e. The lowest BCUT2D eigenvalue weighted by atomic mass is 10.1. The average Bonchev–Trinajstić information content (AvgIpc) is 2.66. The summed E-state index contributed by atoms with van der Waals surface area (Å²) in [5, 5.41) is 0. The van der Waals surface area contributed by atoms with Crippen molar-refractivity contribution < 1.29 is 9.15 Å². The lowest BCUT2D eigenvalue weighted by molar-refractivity contribution is 0.411. The number of methoxy groups -OCH3 is 1. The van der Waals surface area contributed by atoms with Gasteiger partial charge in [-0.25, -0.2) is 4.98 Å². The normalized spacial score (nSPS) is 10.3. The summed E-state index contributed by atoms with van der Waals surface area (Å²) >= 11 is 0. The Bertz CT molecular complexity index is 477. The number of aryl methyl sites for hydroxylation is 1. The summed E-state index contributed by atoms with van der Waals surface area (Å²) in [7, 11) is 1.64. The Morgan fingerprint density at radius 2 is 2.20 bits per heavy atom. The largest absolute Gasteiger partial charge is 0.496 e. The molecule has 0 saturated heterocycles. The molecule has 4 heteroatoms. The van der Waals surface area contributed by atoms with E-state index in [0.29, 0.717) is 5.76 Å². The van der Waals surface area contributed by atoms with Gasteiger partial charge in [-0.1, -0.05) is 12.1 Å². The van der Waals surface area contributed by atoms with E-state index in [2.05, 4.69) is 4.98 Å². The Hall–Kier alpha value is -1.97. The average molecular weight is 204 g/mol. The van der Waals surface area contributed by atoms with E-state index < -0.39 is 0 Å². The van der Waals surface area contributed by atoms with Gasteiger partial charge >= 0.3 is 0 Å². The topological polar surface area (TPSA) is 61.3 Å². The van der Waals surface area contributed by atoms with Crippen LogP contribution in [0.15, 0.2) is 28.8 Å². The van der Waals surface area contributed by atoms with Crippen molar-refractivity contribution >= 4 is 6.01 Å². The number of ether oxygens (including phenoxy) is 1. The van der Waals surface area contributed by atoms with E-state index in [1.807, 2.05) is 25.1 Å². The molecule has 0 spiro atoms. The zero-order valence-electron chi connectivity index (χ0n) is 8.65. The standard InChI is InChI=1S/C11H12N2O2/c1-7-3-4-8(5-9(7)14-2)10-6-13-11(12)15-10/h3-6H,1-2H3,(H2,12,13). The highest BCUT2D eigenvalue weighted by atomic mass is 16.5. The monoisotopic (exact) mass is 204 g/mol. The fourth-order valence-corrected chi connectivity index (χ4v) is 1.39. The van der Waals surface area contributed by atoms with Crippen molar-refractivity contribution in [2.45, 2.75) is 6.92 Å². The molecule has 0 radical (unpaired) electrons. The highest BCUT2D eigenvalue weighted by Gasteiger charge is 2.06. The molecule has 2 rings (SSSR count). The van der Waals surface area contributed by atoms with Crippen LogP contribution in [-0.4, -0.2) is 12.1 Å². The minimum atomic E-state index is 0.171. The summed E-state index contributed by atoms with van der Waals surface area (Å²) in [6.45, 7) is 1.98. The molecule has 0 unspecified atom stereocenters. The molecule has 78 valence electrons. The number of benzene rings is 1. The van der Waals surface area contributed by atoms with E-state index in [-0.39, 0.29) is 6.01 Å². The number of hydrogen-bond acceptors (Lipinski definition) is 4. The van der Waals surface area contributed by atoms with Crippen LogP contribution in [0.3, 0.4) is 0 Å². The van der Waals surface area contributed by atoms with Crippen LogP contribution in [0.5, 0.6) is 5.75 Å². The molecule has 0 aliphatic carbocycles. The van der Waals surface area contributed by atoms with Crippen molar-refractivity contribution in [3.63, 3.8) is 0 Å². The molecule has 0 aliphatic rings. The van der Waals surface area contributed by atoms with Crippen LogP contribution < -0.4 is 10.5 Å². The van der Waals surface area contributed by atoms with Gasteiger partial charge in [0.1, 0.15) is 5.75 Å². The second-order valence-corrected chi connectivity index (χ2v) is 3.25. The number of hydrogen-bond donors (Lipinski definition) is 1. The first-order valence-corrected chi connectivity index (χ1v) is 4.57. The Morgan fingerprint density at radius 3 is 2.80 bits per heavy atom. The lowest BCUT2D eigenvalue weighted by Gasteiger charge is -2.05. The maximum absolute atomic E-state index is 5.41. The van der Waals surface area contributed by atoms with Gasteiger partial charge in [-0.15, -0.1) is 0 Å². The van der Waals surface area contributed by atoms with Gasteiger partial charge in [-0.3, -0.25) is 0 Å². The second kappa shape index (κ2) is 3.65. The minimum absolute atomic E-state index is 0.171. The van der Waals surface area contributed by atoms with Crippen molar-refractivity contribution in [2.75, 3.05) is 12.8 Å². The van der Waals surface area contributed by atoms with Crippen LogP contribution in [-0.2, 0) is 0 Å². The van der Waals surface area contributed by atoms with E-state index in [1.54, 1.807) is 13.3 Å². The zero-order valence-corrected chi connectivity index (χ0v) is 8.65. The SMILES string of the molecule is COc1cc(-c2cnc(N)o2)ccc1C. The van der Waals surface area contributed by atoms with Crippen LogP contribution >= 0.6 is 0 Å². The van der Waals surface area contributed by atoms with Crippen molar-refractivity contribution in [1.29, 1.82) is 0 Å². The molecule has 0 saturated carbocycles. The zero-order chi connectivity index (χ0) is 10.8. The molecular formula is C11H12N2O2. The van der Waals surface area contributed by atoms with Crippen LogP contribution in [0.25, 0.3) is 11.3 Å². The second-order valence-electron chi connectivity index (χ2n) is 3.25. The Kier molecular flexibility index (Phi) is 2.33. The van der Waals surface area contributed by atoms with Crippen LogP contribution in [0.4, 0.5) is 6.01 Å². The predicted molar refractivity (Wildman–Crippen MR) is 57.6 cm³/mol. The van der Waals surface area contributed by atoms with Gasteiger partial charge in [0.15, 0.2) is 5.76 Å². The van der Waals surface area contributed by atoms with Crippen molar-refractivity contribution in [3.8, 4) is 17.1 Å². The van der Waals surface area contributed by atoms with E-state index in [9.17, 15) is 0 Å². The van der Waals surface area contributed by atoms with Crippen molar-refractivity contribution in [2.24, 2.45) is 0 Å². The molecule has 0 bridgehead atoms. The first-order valence-electron chi connectivity index (χ1n) is 4.57. The van der Waals surface area contributed by atoms with Gasteiger partial charge in [0.05, 0.1) is 13.3 Å². The molecule has 2 aromatic rings. The van der Waals surface area contributed by atoms with E-state index in [0.717, 1.165) is 16.9 Å². The molecule has 0 atom stereocenters. The minimum Gasteiger partial charge on any atom is -0.496 e. The van der Waals surface area contributed by atoms with Gasteiger partial charge in [0, 0.05) is 5.56 Å². The molecule has 1 aromatic carbocycles. The molecule has 0 fully saturated rings. The number of nitrogen functional groups attached to an aromatic ring is 1. The van der Waals surface area contributed by atoms with Gasteiger partial charge in [-0.05, 0) is 18.6 Å². The third kappa shape index (κ3) is 1.79. The van der Waals surface area contributed by atoms with Crippen LogP contribution in [0.2, 0.25) is 0 Å². The number of oxazole rings is 1. The Morgan fingerprint density at radius 1 is 1.40 bits per heavy atom. The van der Waals surface area contributed by atoms with E-state index >= 15 is 0 Å². The third-order valence-electron chi connectivity index (χ3n) is 2.22. The third-order valence-corrected chi connectivity index (χ3v) is 2.22. The van der Waals surface area contributed by atoms with Crippen molar-refractivity contribution in [1.82, 2.24) is 4.98 Å². The highest BCUT2D eigenvalue weighted by Crippen LogP contribution is 2.27. The molecule has 1 heterocycles. The van der Waals surface area contributed by atoms with Crippen LogP contribution in [0, 0.1) is 6.92 Å². The lowest BCUT2D eigenvalue weighted by Crippen LogP contribution is -1.87. The molecule has 1 aromatic heterocycles. The summed E-state index contributed by atoms with van der Waals surface area (Å²) < 4.78 is 10.4. The quantitative estimate of drug-likeness (QED) is 0.814. The fraction of sp³-hybridized carbons (Fsp3) is 0.182. The van der Waals surface area contributed by atoms with Gasteiger partial charge in [0.25, 0.3) is 6.01 Å². The molecular weight excluding hydrogens is 192 g/mol. The number of aromatic nitrogens is 1. The first-order chi connectivity index (χ1) is 7.20. The van der Waals surface area contributed by atoms with E-state index in [1.165, 1.54) is 0 Å². The van der Waals surface area contributed by atoms with E-state index in [4.69, 9.17) is 14.9 Å². The number of anilines is 1. The predicted octanol–water partition coefficient (Wildman–Crippen LogP) is 2.24. The number of nitrogens with zero attached hydrogens (tertiary/aromatic N) is 1. The molecule has 2 N–H and O–H groups in total. The summed E-state index contributed by atoms with van der Waals surface area (Å²) in [5.74, 6) is 1.47. The smallest absolute Gasteiger partial charge is 0.292 e. The number of rotatable bonds is 2. The summed E-state index contributed by atoms with van der Waals surface area (Å²) in [5.41, 5.74) is 7.39. The summed E-state index contributed by atoms with van der Waals surface area (Å²) in [4.78, 5) is 3.84. The number of nitrogens with two attached hydrogens (primary N) is 1. The van der Waals surface area contributed by atoms with Crippen LogP contribution in [0.1, 0.15) is 5.56 Å².